The number of halogens is 2. The summed E-state index contributed by atoms with van der Waals surface area (Å²) in [6.07, 6.45) is 10.2. The van der Waals surface area contributed by atoms with Gasteiger partial charge in [0.2, 0.25) is 0 Å². The third kappa shape index (κ3) is 3.06. The molecule has 2 aromatic rings. The highest BCUT2D eigenvalue weighted by Gasteiger charge is 2.21. The minimum absolute atomic E-state index is 0.419. The molecule has 0 saturated heterocycles. The van der Waals surface area contributed by atoms with Gasteiger partial charge in [0.05, 0.1) is 0 Å². The van der Waals surface area contributed by atoms with E-state index < -0.39 is 11.6 Å². The fraction of sp³-hybridized carbons (Fsp3) is 0.333. The van der Waals surface area contributed by atoms with Gasteiger partial charge < -0.3 is 0 Å². The zero-order valence-corrected chi connectivity index (χ0v) is 12.3. The van der Waals surface area contributed by atoms with Crippen molar-refractivity contribution in [2.75, 3.05) is 0 Å². The number of nitrogens with zero attached hydrogens (tertiary/aromatic N) is 2. The summed E-state index contributed by atoms with van der Waals surface area (Å²) < 4.78 is 26.2. The summed E-state index contributed by atoms with van der Waals surface area (Å²) in [7, 11) is 0. The molecule has 1 aliphatic rings. The number of benzene rings is 1. The minimum Gasteiger partial charge on any atom is -0.236 e. The molecule has 4 heteroatoms. The summed E-state index contributed by atoms with van der Waals surface area (Å²) in [5.41, 5.74) is 1.61. The van der Waals surface area contributed by atoms with Crippen molar-refractivity contribution in [3.05, 3.63) is 60.4 Å². The number of aromatic nitrogens is 2. The summed E-state index contributed by atoms with van der Waals surface area (Å²) in [6, 6.07) is 3.71. The van der Waals surface area contributed by atoms with Crippen molar-refractivity contribution in [3.63, 3.8) is 0 Å². The topological polar surface area (TPSA) is 25.8 Å². The number of allylic oxidation sites excluding steroid dienone is 1. The molecule has 22 heavy (non-hydrogen) atoms. The summed E-state index contributed by atoms with van der Waals surface area (Å²) in [4.78, 5) is 8.63. The van der Waals surface area contributed by atoms with Crippen molar-refractivity contribution in [1.82, 2.24) is 9.97 Å². The van der Waals surface area contributed by atoms with Gasteiger partial charge in [-0.05, 0) is 61.3 Å². The summed E-state index contributed by atoms with van der Waals surface area (Å²) >= 11 is 0. The minimum atomic E-state index is -0.882. The van der Waals surface area contributed by atoms with Crippen LogP contribution in [0.5, 0.6) is 0 Å². The van der Waals surface area contributed by atoms with E-state index in [0.717, 1.165) is 43.4 Å². The van der Waals surface area contributed by atoms with Crippen LogP contribution in [0, 0.1) is 17.6 Å². The molecule has 1 heterocycles. The van der Waals surface area contributed by atoms with E-state index in [1.54, 1.807) is 0 Å². The van der Waals surface area contributed by atoms with Crippen LogP contribution in [0.2, 0.25) is 0 Å². The Hall–Kier alpha value is -2.10. The number of hydrogen-bond acceptors (Lipinski definition) is 2. The number of hydrogen-bond donors (Lipinski definition) is 0. The zero-order valence-electron chi connectivity index (χ0n) is 12.3. The van der Waals surface area contributed by atoms with Crippen LogP contribution in [0.25, 0.3) is 11.4 Å². The lowest BCUT2D eigenvalue weighted by atomic mass is 9.79. The third-order valence-electron chi connectivity index (χ3n) is 4.43. The van der Waals surface area contributed by atoms with Crippen LogP contribution in [0.3, 0.4) is 0 Å². The molecule has 2 nitrogen and oxygen atoms in total. The highest BCUT2D eigenvalue weighted by Crippen LogP contribution is 2.35. The van der Waals surface area contributed by atoms with Crippen molar-refractivity contribution >= 4 is 0 Å². The van der Waals surface area contributed by atoms with Crippen molar-refractivity contribution < 1.29 is 8.78 Å². The summed E-state index contributed by atoms with van der Waals surface area (Å²) in [6.45, 7) is 3.86. The van der Waals surface area contributed by atoms with Crippen molar-refractivity contribution in [2.24, 2.45) is 5.92 Å². The van der Waals surface area contributed by atoms with Gasteiger partial charge in [-0.3, -0.25) is 0 Å². The van der Waals surface area contributed by atoms with E-state index >= 15 is 0 Å². The Labute approximate surface area is 128 Å². The molecule has 0 aliphatic heterocycles. The molecule has 0 bridgehead atoms. The quantitative estimate of drug-likeness (QED) is 0.755. The van der Waals surface area contributed by atoms with Crippen LogP contribution in [0.15, 0.2) is 43.2 Å². The first-order valence-corrected chi connectivity index (χ1v) is 7.57. The lowest BCUT2D eigenvalue weighted by Crippen LogP contribution is -2.12. The largest absolute Gasteiger partial charge is 0.236 e. The lowest BCUT2D eigenvalue weighted by Gasteiger charge is -2.26. The van der Waals surface area contributed by atoms with E-state index in [0.29, 0.717) is 23.2 Å². The Balaban J connectivity index is 1.75. The van der Waals surface area contributed by atoms with Crippen molar-refractivity contribution in [1.29, 1.82) is 0 Å². The number of rotatable bonds is 3. The molecular formula is C18H18F2N2. The van der Waals surface area contributed by atoms with Gasteiger partial charge in [0.1, 0.15) is 0 Å². The van der Waals surface area contributed by atoms with Gasteiger partial charge in [-0.1, -0.05) is 6.08 Å². The summed E-state index contributed by atoms with van der Waals surface area (Å²) in [5.74, 6) is -0.219. The van der Waals surface area contributed by atoms with E-state index in [1.807, 2.05) is 18.5 Å². The van der Waals surface area contributed by atoms with Gasteiger partial charge in [0.15, 0.2) is 17.5 Å². The molecule has 3 rings (SSSR count). The Morgan fingerprint density at radius 1 is 1.00 bits per heavy atom. The molecule has 1 saturated carbocycles. The van der Waals surface area contributed by atoms with E-state index in [-0.39, 0.29) is 0 Å². The average Bonchev–Trinajstić information content (AvgIpc) is 2.58. The lowest BCUT2D eigenvalue weighted by molar-refractivity contribution is 0.375. The third-order valence-corrected chi connectivity index (χ3v) is 4.43. The molecule has 0 amide bonds. The second-order valence-electron chi connectivity index (χ2n) is 5.82. The smallest absolute Gasteiger partial charge is 0.159 e. The second-order valence-corrected chi connectivity index (χ2v) is 5.82. The van der Waals surface area contributed by atoms with Gasteiger partial charge in [-0.15, -0.1) is 6.58 Å². The van der Waals surface area contributed by atoms with Crippen LogP contribution in [-0.2, 0) is 0 Å². The highest BCUT2D eigenvalue weighted by molar-refractivity contribution is 5.54. The van der Waals surface area contributed by atoms with Gasteiger partial charge in [-0.2, -0.15) is 0 Å². The van der Waals surface area contributed by atoms with Crippen LogP contribution < -0.4 is 0 Å². The molecule has 0 N–H and O–H groups in total. The molecule has 1 fully saturated rings. The highest BCUT2D eigenvalue weighted by atomic mass is 19.2. The predicted octanol–water partition coefficient (Wildman–Crippen LogP) is 4.88. The summed E-state index contributed by atoms with van der Waals surface area (Å²) in [5, 5.41) is 0. The fourth-order valence-corrected chi connectivity index (χ4v) is 3.02. The van der Waals surface area contributed by atoms with Gasteiger partial charge in [0.25, 0.3) is 0 Å². The SMILES string of the molecule is C=CC1CCC(c2cnc(-c3ccc(F)c(F)c3)nc2)CC1. The first-order valence-electron chi connectivity index (χ1n) is 7.57. The Kier molecular flexibility index (Phi) is 4.27. The van der Waals surface area contributed by atoms with Gasteiger partial charge in [-0.25, -0.2) is 18.7 Å². The van der Waals surface area contributed by atoms with Crippen molar-refractivity contribution in [3.8, 4) is 11.4 Å². The molecule has 1 aliphatic carbocycles. The van der Waals surface area contributed by atoms with E-state index in [4.69, 9.17) is 0 Å². The van der Waals surface area contributed by atoms with Gasteiger partial charge in [0, 0.05) is 18.0 Å². The van der Waals surface area contributed by atoms with Crippen LogP contribution in [0.1, 0.15) is 37.2 Å². The normalized spacial score (nSPS) is 21.5. The first-order chi connectivity index (χ1) is 10.7. The maximum atomic E-state index is 13.3. The Morgan fingerprint density at radius 2 is 1.68 bits per heavy atom. The molecule has 0 unspecified atom stereocenters. The van der Waals surface area contributed by atoms with Crippen LogP contribution >= 0.6 is 0 Å². The van der Waals surface area contributed by atoms with Gasteiger partial charge >= 0.3 is 0 Å². The molecule has 1 aromatic heterocycles. The van der Waals surface area contributed by atoms with E-state index in [1.165, 1.54) is 6.07 Å². The molecule has 0 spiro atoms. The maximum absolute atomic E-state index is 13.3. The fourth-order valence-electron chi connectivity index (χ4n) is 3.02. The van der Waals surface area contributed by atoms with E-state index in [9.17, 15) is 8.78 Å². The van der Waals surface area contributed by atoms with E-state index in [2.05, 4.69) is 16.5 Å². The van der Waals surface area contributed by atoms with Crippen LogP contribution in [-0.4, -0.2) is 9.97 Å². The molecule has 0 radical (unpaired) electrons. The molecule has 1 aromatic carbocycles. The van der Waals surface area contributed by atoms with Crippen molar-refractivity contribution in [2.45, 2.75) is 31.6 Å². The second kappa shape index (κ2) is 6.34. The molecule has 0 atom stereocenters. The first kappa shape index (κ1) is 14.8. The predicted molar refractivity (Wildman–Crippen MR) is 82.3 cm³/mol. The maximum Gasteiger partial charge on any atom is 0.159 e. The molecule has 114 valence electrons. The average molecular weight is 300 g/mol. The standard InChI is InChI=1S/C18H18F2N2/c1-2-12-3-5-13(6-4-12)15-10-21-18(22-11-15)14-7-8-16(19)17(20)9-14/h2,7-13H,1,3-6H2. The zero-order chi connectivity index (χ0) is 15.5. The Morgan fingerprint density at radius 3 is 2.27 bits per heavy atom. The molecular weight excluding hydrogens is 282 g/mol. The Bertz CT molecular complexity index is 659. The monoisotopic (exact) mass is 300 g/mol. The van der Waals surface area contributed by atoms with Crippen LogP contribution in [0.4, 0.5) is 8.78 Å².